The van der Waals surface area contributed by atoms with Crippen LogP contribution in [0.4, 0.5) is 5.00 Å². The molecular weight excluding hydrogens is 386 g/mol. The Bertz CT molecular complexity index is 932. The molecule has 8 nitrogen and oxygen atoms in total. The number of aryl methyl sites for hydroxylation is 1. The summed E-state index contributed by atoms with van der Waals surface area (Å²) in [6.07, 6.45) is -0.359. The van der Waals surface area contributed by atoms with E-state index in [1.165, 1.54) is 14.2 Å². The van der Waals surface area contributed by atoms with Gasteiger partial charge in [-0.15, -0.1) is 11.3 Å². The number of nitrogens with one attached hydrogen (secondary N) is 1. The van der Waals surface area contributed by atoms with Crippen LogP contribution in [0, 0.1) is 6.92 Å². The van der Waals surface area contributed by atoms with Gasteiger partial charge >= 0.3 is 17.9 Å². The normalized spacial score (nSPS) is 10.1. The monoisotopic (exact) mass is 405 g/mol. The largest absolute Gasteiger partial charge is 0.469 e. The van der Waals surface area contributed by atoms with Crippen molar-refractivity contribution in [2.24, 2.45) is 0 Å². The minimum absolute atomic E-state index is 0.00726. The maximum absolute atomic E-state index is 12.6. The maximum Gasteiger partial charge on any atom is 0.348 e. The van der Waals surface area contributed by atoms with E-state index in [4.69, 9.17) is 9.47 Å². The van der Waals surface area contributed by atoms with Crippen LogP contribution in [0.5, 0.6) is 0 Å². The van der Waals surface area contributed by atoms with Gasteiger partial charge in [0.1, 0.15) is 9.88 Å². The van der Waals surface area contributed by atoms with Crippen molar-refractivity contribution in [1.29, 1.82) is 0 Å². The van der Waals surface area contributed by atoms with E-state index in [9.17, 15) is 19.2 Å². The van der Waals surface area contributed by atoms with Crippen LogP contribution in [0.2, 0.25) is 0 Å². The highest BCUT2D eigenvalue weighted by Gasteiger charge is 2.30. The molecule has 0 radical (unpaired) electrons. The summed E-state index contributed by atoms with van der Waals surface area (Å²) in [5.41, 5.74) is 1.25. The molecule has 2 rings (SSSR count). The van der Waals surface area contributed by atoms with Gasteiger partial charge in [0.15, 0.2) is 0 Å². The number of methoxy groups -OCH3 is 3. The highest BCUT2D eigenvalue weighted by molar-refractivity contribution is 7.18. The predicted molar refractivity (Wildman–Crippen MR) is 102 cm³/mol. The number of hydrogen-bond donors (Lipinski definition) is 1. The van der Waals surface area contributed by atoms with Crippen molar-refractivity contribution in [1.82, 2.24) is 0 Å². The molecule has 1 aromatic heterocycles. The zero-order valence-corrected chi connectivity index (χ0v) is 16.6. The first kappa shape index (κ1) is 21.1. The fraction of sp³-hybridized carbons (Fsp3) is 0.263. The predicted octanol–water partition coefficient (Wildman–Crippen LogP) is 2.60. The summed E-state index contributed by atoms with van der Waals surface area (Å²) in [7, 11) is 3.52. The van der Waals surface area contributed by atoms with E-state index in [-0.39, 0.29) is 27.4 Å². The maximum atomic E-state index is 12.6. The van der Waals surface area contributed by atoms with Crippen LogP contribution in [0.25, 0.3) is 0 Å². The number of thiophene rings is 1. The van der Waals surface area contributed by atoms with Gasteiger partial charge in [-0.25, -0.2) is 9.59 Å². The molecule has 0 fully saturated rings. The lowest BCUT2D eigenvalue weighted by Crippen LogP contribution is -2.16. The second-order valence-electron chi connectivity index (χ2n) is 5.67. The van der Waals surface area contributed by atoms with Gasteiger partial charge in [0, 0.05) is 11.1 Å². The molecule has 0 aliphatic heterocycles. The lowest BCUT2D eigenvalue weighted by Gasteiger charge is -2.08. The standard InChI is InChI=1S/C19H19NO7S/c1-10-6-5-7-11(8-10)16(22)20-17-14(18(23)26-3)12(9-13(21)25-2)15(28-17)19(24)27-4/h5-8H,9H2,1-4H3,(H,20,22). The van der Waals surface area contributed by atoms with Crippen molar-refractivity contribution in [3.05, 3.63) is 51.4 Å². The lowest BCUT2D eigenvalue weighted by molar-refractivity contribution is -0.139. The molecule has 1 heterocycles. The third-order valence-corrected chi connectivity index (χ3v) is 4.95. The molecule has 0 saturated carbocycles. The summed E-state index contributed by atoms with van der Waals surface area (Å²) in [5, 5.41) is 2.70. The van der Waals surface area contributed by atoms with E-state index in [2.05, 4.69) is 10.1 Å². The zero-order chi connectivity index (χ0) is 20.8. The van der Waals surface area contributed by atoms with Crippen LogP contribution in [0.15, 0.2) is 24.3 Å². The molecule has 0 spiro atoms. The first-order valence-electron chi connectivity index (χ1n) is 8.09. The van der Waals surface area contributed by atoms with Crippen LogP contribution in [0.3, 0.4) is 0 Å². The van der Waals surface area contributed by atoms with E-state index in [0.29, 0.717) is 5.56 Å². The van der Waals surface area contributed by atoms with E-state index in [1.807, 2.05) is 13.0 Å². The van der Waals surface area contributed by atoms with Crippen LogP contribution in [-0.4, -0.2) is 45.1 Å². The molecule has 9 heteroatoms. The molecular formula is C19H19NO7S. The molecule has 0 saturated heterocycles. The van der Waals surface area contributed by atoms with Gasteiger partial charge in [-0.05, 0) is 19.1 Å². The fourth-order valence-electron chi connectivity index (χ4n) is 2.48. The Morgan fingerprint density at radius 2 is 1.68 bits per heavy atom. The van der Waals surface area contributed by atoms with Crippen molar-refractivity contribution in [3.8, 4) is 0 Å². The van der Waals surface area contributed by atoms with Gasteiger partial charge in [0.2, 0.25) is 0 Å². The third kappa shape index (κ3) is 4.55. The molecule has 1 aromatic carbocycles. The number of amides is 1. The first-order chi connectivity index (χ1) is 13.3. The summed E-state index contributed by atoms with van der Waals surface area (Å²) < 4.78 is 14.1. The molecule has 28 heavy (non-hydrogen) atoms. The SMILES string of the molecule is COC(=O)Cc1c(C(=O)OC)sc(NC(=O)c2cccc(C)c2)c1C(=O)OC. The van der Waals surface area contributed by atoms with Crippen molar-refractivity contribution in [3.63, 3.8) is 0 Å². The molecule has 0 atom stereocenters. The number of carbonyl (C=O) groups is 4. The number of ether oxygens (including phenoxy) is 3. The molecule has 0 aliphatic rings. The first-order valence-corrected chi connectivity index (χ1v) is 8.91. The minimum Gasteiger partial charge on any atom is -0.469 e. The van der Waals surface area contributed by atoms with Crippen molar-refractivity contribution in [2.75, 3.05) is 26.6 Å². The number of hydrogen-bond acceptors (Lipinski definition) is 8. The Kier molecular flexibility index (Phi) is 6.89. The fourth-order valence-corrected chi connectivity index (χ4v) is 3.60. The minimum atomic E-state index is -0.801. The van der Waals surface area contributed by atoms with Gasteiger partial charge in [-0.1, -0.05) is 17.7 Å². The smallest absolute Gasteiger partial charge is 0.348 e. The van der Waals surface area contributed by atoms with Crippen molar-refractivity contribution < 1.29 is 33.4 Å². The average Bonchev–Trinajstić information content (AvgIpc) is 3.04. The van der Waals surface area contributed by atoms with Gasteiger partial charge in [-0.2, -0.15) is 0 Å². The number of rotatable bonds is 6. The Morgan fingerprint density at radius 1 is 1.00 bits per heavy atom. The molecule has 0 unspecified atom stereocenters. The number of carbonyl (C=O) groups excluding carboxylic acids is 4. The summed E-state index contributed by atoms with van der Waals surface area (Å²) in [6.45, 7) is 1.84. The number of benzene rings is 1. The highest BCUT2D eigenvalue weighted by atomic mass is 32.1. The molecule has 2 aromatic rings. The summed E-state index contributed by atoms with van der Waals surface area (Å²) >= 11 is 0.827. The second-order valence-corrected chi connectivity index (χ2v) is 6.69. The zero-order valence-electron chi connectivity index (χ0n) is 15.8. The van der Waals surface area contributed by atoms with Crippen molar-refractivity contribution in [2.45, 2.75) is 13.3 Å². The van der Waals surface area contributed by atoms with Crippen LogP contribution < -0.4 is 5.32 Å². The Balaban J connectivity index is 2.55. The van der Waals surface area contributed by atoms with E-state index < -0.39 is 23.8 Å². The van der Waals surface area contributed by atoms with Gasteiger partial charge in [0.05, 0.1) is 33.3 Å². The molecule has 1 N–H and O–H groups in total. The second kappa shape index (κ2) is 9.14. The Morgan fingerprint density at radius 3 is 2.25 bits per heavy atom. The Hall–Kier alpha value is -3.20. The molecule has 0 bridgehead atoms. The van der Waals surface area contributed by atoms with Crippen LogP contribution in [0.1, 0.15) is 41.5 Å². The molecule has 1 amide bonds. The van der Waals surface area contributed by atoms with E-state index in [1.54, 1.807) is 18.2 Å². The topological polar surface area (TPSA) is 108 Å². The highest BCUT2D eigenvalue weighted by Crippen LogP contribution is 2.35. The molecule has 0 aliphatic carbocycles. The lowest BCUT2D eigenvalue weighted by atomic mass is 10.1. The molecule has 148 valence electrons. The average molecular weight is 405 g/mol. The van der Waals surface area contributed by atoms with Gasteiger partial charge < -0.3 is 19.5 Å². The quantitative estimate of drug-likeness (QED) is 0.581. The van der Waals surface area contributed by atoms with Crippen LogP contribution >= 0.6 is 11.3 Å². The van der Waals surface area contributed by atoms with E-state index >= 15 is 0 Å². The third-order valence-electron chi connectivity index (χ3n) is 3.82. The van der Waals surface area contributed by atoms with E-state index in [0.717, 1.165) is 24.0 Å². The summed E-state index contributed by atoms with van der Waals surface area (Å²) in [5.74, 6) is -2.68. The van der Waals surface area contributed by atoms with Gasteiger partial charge in [0.25, 0.3) is 5.91 Å². The number of anilines is 1. The summed E-state index contributed by atoms with van der Waals surface area (Å²) in [4.78, 5) is 48.9. The van der Waals surface area contributed by atoms with Crippen molar-refractivity contribution >= 4 is 40.2 Å². The van der Waals surface area contributed by atoms with Gasteiger partial charge in [-0.3, -0.25) is 9.59 Å². The number of esters is 3. The summed E-state index contributed by atoms with van der Waals surface area (Å²) in [6, 6.07) is 6.86. The Labute approximate surface area is 165 Å². The van der Waals surface area contributed by atoms with Crippen LogP contribution in [-0.2, 0) is 25.4 Å².